The van der Waals surface area contributed by atoms with E-state index in [0.29, 0.717) is 0 Å². The van der Waals surface area contributed by atoms with E-state index in [4.69, 9.17) is 10.2 Å². The molecule has 0 aromatic carbocycles. The van der Waals surface area contributed by atoms with Crippen molar-refractivity contribution in [1.82, 2.24) is 9.36 Å². The molecule has 86 valence electrons. The highest BCUT2D eigenvalue weighted by molar-refractivity contribution is 8.01. The van der Waals surface area contributed by atoms with Gasteiger partial charge >= 0.3 is 0 Å². The van der Waals surface area contributed by atoms with Crippen molar-refractivity contribution in [1.29, 1.82) is 0 Å². The Kier molecular flexibility index (Phi) is 3.98. The van der Waals surface area contributed by atoms with E-state index in [9.17, 15) is 0 Å². The zero-order chi connectivity index (χ0) is 11.4. The van der Waals surface area contributed by atoms with Crippen molar-refractivity contribution >= 4 is 23.3 Å². The minimum atomic E-state index is 0.0556. The van der Waals surface area contributed by atoms with Crippen molar-refractivity contribution in [3.8, 4) is 0 Å². The van der Waals surface area contributed by atoms with E-state index in [1.165, 1.54) is 11.5 Å². The Morgan fingerprint density at radius 2 is 2.50 bits per heavy atom. The van der Waals surface area contributed by atoms with Gasteiger partial charge in [-0.2, -0.15) is 4.37 Å². The number of hydrogen-bond acceptors (Lipinski definition) is 6. The van der Waals surface area contributed by atoms with Crippen LogP contribution in [0.5, 0.6) is 0 Å². The minimum absolute atomic E-state index is 0.0556. The summed E-state index contributed by atoms with van der Waals surface area (Å²) >= 11 is 2.99. The summed E-state index contributed by atoms with van der Waals surface area (Å²) in [7, 11) is 0. The van der Waals surface area contributed by atoms with Crippen LogP contribution in [0, 0.1) is 0 Å². The lowest BCUT2D eigenvalue weighted by Crippen LogP contribution is -2.25. The van der Waals surface area contributed by atoms with E-state index >= 15 is 0 Å². The lowest BCUT2D eigenvalue weighted by atomic mass is 10.1. The molecule has 4 nitrogen and oxygen atoms in total. The van der Waals surface area contributed by atoms with Crippen LogP contribution in [0.4, 0.5) is 0 Å². The second-order valence-electron chi connectivity index (χ2n) is 3.33. The fourth-order valence-corrected chi connectivity index (χ4v) is 3.18. The van der Waals surface area contributed by atoms with Gasteiger partial charge in [-0.1, -0.05) is 18.7 Å². The molecular formula is C10H13N3OS2. The Labute approximate surface area is 102 Å². The van der Waals surface area contributed by atoms with Crippen molar-refractivity contribution in [2.75, 3.05) is 0 Å². The van der Waals surface area contributed by atoms with Crippen LogP contribution in [0.15, 0.2) is 33.5 Å². The maximum Gasteiger partial charge on any atom is 0.170 e. The molecule has 0 amide bonds. The Bertz CT molecular complexity index is 402. The molecule has 0 radical (unpaired) electrons. The van der Waals surface area contributed by atoms with Gasteiger partial charge in [0.05, 0.1) is 11.5 Å². The fourth-order valence-electron chi connectivity index (χ4n) is 1.35. The Morgan fingerprint density at radius 3 is 3.06 bits per heavy atom. The summed E-state index contributed by atoms with van der Waals surface area (Å²) in [5.74, 6) is 0.898. The zero-order valence-electron chi connectivity index (χ0n) is 8.87. The van der Waals surface area contributed by atoms with E-state index in [2.05, 4.69) is 16.3 Å². The first-order chi connectivity index (χ1) is 7.81. The van der Waals surface area contributed by atoms with Crippen molar-refractivity contribution in [2.24, 2.45) is 5.73 Å². The van der Waals surface area contributed by atoms with E-state index in [0.717, 1.165) is 16.5 Å². The molecule has 2 heterocycles. The van der Waals surface area contributed by atoms with Crippen LogP contribution < -0.4 is 5.73 Å². The third kappa shape index (κ3) is 2.63. The largest absolute Gasteiger partial charge is 0.468 e. The second kappa shape index (κ2) is 5.47. The van der Waals surface area contributed by atoms with Crippen LogP contribution in [-0.4, -0.2) is 15.4 Å². The number of hydrogen-bond donors (Lipinski definition) is 1. The quantitative estimate of drug-likeness (QED) is 0.832. The third-order valence-corrected chi connectivity index (χ3v) is 4.37. The maximum absolute atomic E-state index is 6.10. The monoisotopic (exact) mass is 255 g/mol. The first-order valence-corrected chi connectivity index (χ1v) is 6.69. The van der Waals surface area contributed by atoms with E-state index < -0.39 is 0 Å². The highest BCUT2D eigenvalue weighted by Gasteiger charge is 2.23. The first-order valence-electron chi connectivity index (χ1n) is 5.03. The molecule has 6 heteroatoms. The highest BCUT2D eigenvalue weighted by atomic mass is 32.2. The molecule has 2 unspecified atom stereocenters. The third-order valence-electron chi connectivity index (χ3n) is 2.25. The van der Waals surface area contributed by atoms with Gasteiger partial charge in [-0.15, -0.1) is 0 Å². The van der Waals surface area contributed by atoms with Crippen LogP contribution in [-0.2, 0) is 0 Å². The maximum atomic E-state index is 6.10. The minimum Gasteiger partial charge on any atom is -0.468 e. The summed E-state index contributed by atoms with van der Waals surface area (Å²) in [5, 5.41) is 0.105. The summed E-state index contributed by atoms with van der Waals surface area (Å²) < 4.78 is 10.3. The number of furan rings is 1. The van der Waals surface area contributed by atoms with Gasteiger partial charge in [0.15, 0.2) is 4.34 Å². The fraction of sp³-hybridized carbons (Fsp3) is 0.400. The van der Waals surface area contributed by atoms with E-state index in [1.807, 2.05) is 12.1 Å². The average Bonchev–Trinajstić information content (AvgIpc) is 2.97. The molecule has 0 fully saturated rings. The SMILES string of the molecule is CCC(N)C(Sc1ncns1)c1ccco1. The molecule has 2 atom stereocenters. The molecular weight excluding hydrogens is 242 g/mol. The molecule has 2 rings (SSSR count). The van der Waals surface area contributed by atoms with Crippen LogP contribution in [0.3, 0.4) is 0 Å². The summed E-state index contributed by atoms with van der Waals surface area (Å²) in [4.78, 5) is 4.16. The molecule has 2 aromatic rings. The molecule has 0 aliphatic rings. The van der Waals surface area contributed by atoms with E-state index in [-0.39, 0.29) is 11.3 Å². The van der Waals surface area contributed by atoms with Crippen LogP contribution in [0.2, 0.25) is 0 Å². The second-order valence-corrected chi connectivity index (χ2v) is 5.50. The number of nitrogens with two attached hydrogens (primary N) is 1. The van der Waals surface area contributed by atoms with Crippen LogP contribution >= 0.6 is 23.3 Å². The van der Waals surface area contributed by atoms with E-state index in [1.54, 1.807) is 24.4 Å². The molecule has 0 aliphatic heterocycles. The molecule has 2 N–H and O–H groups in total. The molecule has 0 bridgehead atoms. The zero-order valence-corrected chi connectivity index (χ0v) is 10.5. The molecule has 2 aromatic heterocycles. The van der Waals surface area contributed by atoms with Crippen LogP contribution in [0.25, 0.3) is 0 Å². The summed E-state index contributed by atoms with van der Waals surface area (Å²) in [5.41, 5.74) is 6.10. The number of rotatable bonds is 5. The summed E-state index contributed by atoms with van der Waals surface area (Å²) in [6.45, 7) is 2.07. The lowest BCUT2D eigenvalue weighted by Gasteiger charge is -2.18. The van der Waals surface area contributed by atoms with Crippen LogP contribution in [0.1, 0.15) is 24.4 Å². The summed E-state index contributed by atoms with van der Waals surface area (Å²) in [6, 6.07) is 3.89. The van der Waals surface area contributed by atoms with Crippen molar-refractivity contribution in [3.63, 3.8) is 0 Å². The topological polar surface area (TPSA) is 64.9 Å². The highest BCUT2D eigenvalue weighted by Crippen LogP contribution is 2.38. The predicted molar refractivity (Wildman–Crippen MR) is 65.5 cm³/mol. The standard InChI is InChI=1S/C10H13N3OS2/c1-2-7(11)9(8-4-3-5-14-8)15-10-12-6-13-16-10/h3-7,9H,2,11H2,1H3. The Hall–Kier alpha value is -0.850. The number of aromatic nitrogens is 2. The molecule has 0 aliphatic carbocycles. The van der Waals surface area contributed by atoms with Gasteiger partial charge in [-0.3, -0.25) is 0 Å². The smallest absolute Gasteiger partial charge is 0.170 e. The molecule has 0 saturated heterocycles. The van der Waals surface area contributed by atoms with Gasteiger partial charge < -0.3 is 10.2 Å². The van der Waals surface area contributed by atoms with Gasteiger partial charge in [0.2, 0.25) is 0 Å². The number of thioether (sulfide) groups is 1. The normalized spacial score (nSPS) is 14.9. The Balaban J connectivity index is 2.15. The van der Waals surface area contributed by atoms with Gasteiger partial charge in [0.25, 0.3) is 0 Å². The first kappa shape index (κ1) is 11.6. The van der Waals surface area contributed by atoms with Crippen molar-refractivity contribution in [2.45, 2.75) is 29.0 Å². The van der Waals surface area contributed by atoms with Gasteiger partial charge in [-0.05, 0) is 30.1 Å². The Morgan fingerprint density at radius 1 is 1.62 bits per heavy atom. The summed E-state index contributed by atoms with van der Waals surface area (Å²) in [6.07, 6.45) is 4.13. The molecule has 0 spiro atoms. The average molecular weight is 255 g/mol. The van der Waals surface area contributed by atoms with Gasteiger partial charge in [-0.25, -0.2) is 4.98 Å². The molecule has 0 saturated carbocycles. The lowest BCUT2D eigenvalue weighted by molar-refractivity contribution is 0.474. The van der Waals surface area contributed by atoms with Crippen molar-refractivity contribution < 1.29 is 4.42 Å². The van der Waals surface area contributed by atoms with Crippen molar-refractivity contribution in [3.05, 3.63) is 30.5 Å². The van der Waals surface area contributed by atoms with Gasteiger partial charge in [0.1, 0.15) is 12.1 Å². The number of nitrogens with zero attached hydrogens (tertiary/aromatic N) is 2. The van der Waals surface area contributed by atoms with Gasteiger partial charge in [0, 0.05) is 6.04 Å². The predicted octanol–water partition coefficient (Wildman–Crippen LogP) is 2.70. The molecule has 16 heavy (non-hydrogen) atoms.